The number of carbonyl (C=O) groups is 1. The van der Waals surface area contributed by atoms with Crippen molar-refractivity contribution < 1.29 is 19.0 Å². The molecule has 0 spiro atoms. The molecule has 1 atom stereocenters. The minimum Gasteiger partial charge on any atom is -0.484 e. The molecule has 0 radical (unpaired) electrons. The molecule has 16 heavy (non-hydrogen) atoms. The van der Waals surface area contributed by atoms with Gasteiger partial charge < -0.3 is 15.2 Å². The smallest absolute Gasteiger partial charge is 0.258 e. The van der Waals surface area contributed by atoms with E-state index < -0.39 is 6.10 Å². The van der Waals surface area contributed by atoms with Gasteiger partial charge in [0, 0.05) is 6.54 Å². The maximum Gasteiger partial charge on any atom is 0.258 e. The van der Waals surface area contributed by atoms with Crippen molar-refractivity contribution in [3.05, 3.63) is 30.1 Å². The maximum atomic E-state index is 12.5. The van der Waals surface area contributed by atoms with Crippen molar-refractivity contribution in [3.8, 4) is 5.75 Å². The number of halogens is 1. The first-order valence-electron chi connectivity index (χ1n) is 4.91. The van der Waals surface area contributed by atoms with E-state index in [1.165, 1.54) is 24.3 Å². The Balaban J connectivity index is 2.29. The summed E-state index contributed by atoms with van der Waals surface area (Å²) < 4.78 is 17.6. The summed E-state index contributed by atoms with van der Waals surface area (Å²) in [4.78, 5) is 11.2. The highest BCUT2D eigenvalue weighted by Crippen LogP contribution is 2.10. The molecule has 1 amide bonds. The van der Waals surface area contributed by atoms with Gasteiger partial charge in [0.05, 0.1) is 6.10 Å². The van der Waals surface area contributed by atoms with Gasteiger partial charge in [-0.25, -0.2) is 4.39 Å². The number of nitrogens with one attached hydrogen (secondary N) is 1. The van der Waals surface area contributed by atoms with Crippen molar-refractivity contribution in [3.63, 3.8) is 0 Å². The molecule has 0 aliphatic heterocycles. The van der Waals surface area contributed by atoms with E-state index in [2.05, 4.69) is 5.32 Å². The molecule has 0 bridgehead atoms. The molecular weight excluding hydrogens is 213 g/mol. The van der Waals surface area contributed by atoms with Gasteiger partial charge in [0.25, 0.3) is 5.91 Å². The molecule has 0 unspecified atom stereocenters. The first-order chi connectivity index (χ1) is 7.58. The fourth-order valence-electron chi connectivity index (χ4n) is 0.992. The lowest BCUT2D eigenvalue weighted by atomic mass is 10.3. The Bertz CT molecular complexity index is 338. The van der Waals surface area contributed by atoms with Crippen molar-refractivity contribution in [2.24, 2.45) is 0 Å². The average molecular weight is 227 g/mol. The van der Waals surface area contributed by atoms with Gasteiger partial charge in [-0.1, -0.05) is 0 Å². The molecule has 1 aromatic carbocycles. The van der Waals surface area contributed by atoms with Crippen LogP contribution in [0.2, 0.25) is 0 Å². The van der Waals surface area contributed by atoms with Crippen molar-refractivity contribution in [2.75, 3.05) is 13.2 Å². The molecule has 0 heterocycles. The number of benzene rings is 1. The molecule has 1 rings (SSSR count). The third-order valence-electron chi connectivity index (χ3n) is 1.78. The van der Waals surface area contributed by atoms with Crippen LogP contribution in [-0.4, -0.2) is 30.3 Å². The summed E-state index contributed by atoms with van der Waals surface area (Å²) in [6.45, 7) is 1.60. The summed E-state index contributed by atoms with van der Waals surface area (Å²) in [6.07, 6.45) is -0.588. The lowest BCUT2D eigenvalue weighted by Gasteiger charge is -2.08. The standard InChI is InChI=1S/C11H14FNO3/c1-8(14)6-13-11(15)7-16-10-4-2-9(12)3-5-10/h2-5,8,14H,6-7H2,1H3,(H,13,15)/t8-/m1/s1. The fraction of sp³-hybridized carbons (Fsp3) is 0.364. The van der Waals surface area contributed by atoms with Crippen LogP contribution in [0.1, 0.15) is 6.92 Å². The van der Waals surface area contributed by atoms with Crippen LogP contribution >= 0.6 is 0 Å². The fourth-order valence-corrected chi connectivity index (χ4v) is 0.992. The van der Waals surface area contributed by atoms with Gasteiger partial charge in [0.15, 0.2) is 6.61 Å². The first-order valence-corrected chi connectivity index (χ1v) is 4.91. The lowest BCUT2D eigenvalue weighted by molar-refractivity contribution is -0.123. The second-order valence-electron chi connectivity index (χ2n) is 3.40. The van der Waals surface area contributed by atoms with Crippen molar-refractivity contribution in [1.82, 2.24) is 5.32 Å². The number of aliphatic hydroxyl groups is 1. The monoisotopic (exact) mass is 227 g/mol. The molecule has 0 aliphatic rings. The van der Waals surface area contributed by atoms with E-state index in [1.807, 2.05) is 0 Å². The van der Waals surface area contributed by atoms with Gasteiger partial charge in [0.2, 0.25) is 0 Å². The van der Waals surface area contributed by atoms with Gasteiger partial charge in [-0.2, -0.15) is 0 Å². The van der Waals surface area contributed by atoms with Crippen LogP contribution in [0.5, 0.6) is 5.75 Å². The molecule has 1 aromatic rings. The summed E-state index contributed by atoms with van der Waals surface area (Å²) in [7, 11) is 0. The van der Waals surface area contributed by atoms with E-state index in [-0.39, 0.29) is 24.9 Å². The van der Waals surface area contributed by atoms with Crippen molar-refractivity contribution in [2.45, 2.75) is 13.0 Å². The number of rotatable bonds is 5. The molecular formula is C11H14FNO3. The Labute approximate surface area is 93.0 Å². The molecule has 4 nitrogen and oxygen atoms in total. The first kappa shape index (κ1) is 12.4. The Hall–Kier alpha value is -1.62. The molecule has 0 fully saturated rings. The number of carbonyl (C=O) groups excluding carboxylic acids is 1. The summed E-state index contributed by atoms with van der Waals surface area (Å²) in [6, 6.07) is 5.39. The normalized spacial score (nSPS) is 11.9. The highest BCUT2D eigenvalue weighted by Gasteiger charge is 2.03. The number of hydrogen-bond acceptors (Lipinski definition) is 3. The number of ether oxygens (including phenoxy) is 1. The van der Waals surface area contributed by atoms with Crippen LogP contribution in [0.4, 0.5) is 4.39 Å². The summed E-state index contributed by atoms with van der Waals surface area (Å²) in [5.41, 5.74) is 0. The highest BCUT2D eigenvalue weighted by molar-refractivity contribution is 5.77. The molecule has 88 valence electrons. The summed E-state index contributed by atoms with van der Waals surface area (Å²) in [5, 5.41) is 11.4. The van der Waals surface area contributed by atoms with Crippen LogP contribution in [0, 0.1) is 5.82 Å². The lowest BCUT2D eigenvalue weighted by Crippen LogP contribution is -2.34. The van der Waals surface area contributed by atoms with Crippen molar-refractivity contribution >= 4 is 5.91 Å². The molecule has 5 heteroatoms. The predicted octanol–water partition coefficient (Wildman–Crippen LogP) is 0.701. The largest absolute Gasteiger partial charge is 0.484 e. The Morgan fingerprint density at radius 2 is 2.12 bits per heavy atom. The van der Waals surface area contributed by atoms with Crippen molar-refractivity contribution in [1.29, 1.82) is 0 Å². The Morgan fingerprint density at radius 1 is 1.50 bits per heavy atom. The Morgan fingerprint density at radius 3 is 2.69 bits per heavy atom. The van der Waals surface area contributed by atoms with Gasteiger partial charge in [0.1, 0.15) is 11.6 Å². The van der Waals surface area contributed by atoms with E-state index in [0.29, 0.717) is 5.75 Å². The predicted molar refractivity (Wildman–Crippen MR) is 56.6 cm³/mol. The zero-order chi connectivity index (χ0) is 12.0. The van der Waals surface area contributed by atoms with Gasteiger partial charge in [-0.15, -0.1) is 0 Å². The zero-order valence-electron chi connectivity index (χ0n) is 8.94. The van der Waals surface area contributed by atoms with E-state index in [9.17, 15) is 9.18 Å². The number of aliphatic hydroxyl groups excluding tert-OH is 1. The SMILES string of the molecule is C[C@@H](O)CNC(=O)COc1ccc(F)cc1. The number of amides is 1. The quantitative estimate of drug-likeness (QED) is 0.778. The second-order valence-corrected chi connectivity index (χ2v) is 3.40. The van der Waals surface area contributed by atoms with Crippen LogP contribution in [0.15, 0.2) is 24.3 Å². The third kappa shape index (κ3) is 4.75. The van der Waals surface area contributed by atoms with E-state index in [4.69, 9.17) is 9.84 Å². The average Bonchev–Trinajstić information content (AvgIpc) is 2.25. The van der Waals surface area contributed by atoms with E-state index in [1.54, 1.807) is 6.92 Å². The van der Waals surface area contributed by atoms with Crippen LogP contribution in [0.3, 0.4) is 0 Å². The minimum atomic E-state index is -0.588. The highest BCUT2D eigenvalue weighted by atomic mass is 19.1. The molecule has 2 N–H and O–H groups in total. The minimum absolute atomic E-state index is 0.154. The van der Waals surface area contributed by atoms with E-state index in [0.717, 1.165) is 0 Å². The third-order valence-corrected chi connectivity index (χ3v) is 1.78. The van der Waals surface area contributed by atoms with Gasteiger partial charge >= 0.3 is 0 Å². The topological polar surface area (TPSA) is 58.6 Å². The Kier molecular flexibility index (Phi) is 4.72. The summed E-state index contributed by atoms with van der Waals surface area (Å²) >= 11 is 0. The van der Waals surface area contributed by atoms with Crippen LogP contribution in [-0.2, 0) is 4.79 Å². The second kappa shape index (κ2) is 6.07. The van der Waals surface area contributed by atoms with Crippen LogP contribution in [0.25, 0.3) is 0 Å². The maximum absolute atomic E-state index is 12.5. The molecule has 0 saturated carbocycles. The summed E-state index contributed by atoms with van der Waals surface area (Å²) in [5.74, 6) is -0.260. The van der Waals surface area contributed by atoms with Gasteiger partial charge in [-0.3, -0.25) is 4.79 Å². The molecule has 0 saturated heterocycles. The van der Waals surface area contributed by atoms with E-state index >= 15 is 0 Å². The number of hydrogen-bond donors (Lipinski definition) is 2. The van der Waals surface area contributed by atoms with Gasteiger partial charge in [-0.05, 0) is 31.2 Å². The zero-order valence-corrected chi connectivity index (χ0v) is 8.94. The molecule has 0 aromatic heterocycles. The molecule has 0 aliphatic carbocycles. The van der Waals surface area contributed by atoms with Crippen LogP contribution < -0.4 is 10.1 Å².